The Hall–Kier alpha value is -0.940. The van der Waals surface area contributed by atoms with Gasteiger partial charge in [-0.3, -0.25) is 0 Å². The molecular weight excluding hydrogens is 276 g/mol. The van der Waals surface area contributed by atoms with Crippen LogP contribution >= 0.6 is 0 Å². The Morgan fingerprint density at radius 2 is 1.77 bits per heavy atom. The summed E-state index contributed by atoms with van der Waals surface area (Å²) in [5.41, 5.74) is 1.29. The van der Waals surface area contributed by atoms with Gasteiger partial charge in [0.15, 0.2) is 0 Å². The molecule has 0 N–H and O–H groups in total. The lowest BCUT2D eigenvalue weighted by Crippen LogP contribution is -2.36. The predicted molar refractivity (Wildman–Crippen MR) is 90.2 cm³/mol. The summed E-state index contributed by atoms with van der Waals surface area (Å²) in [6.07, 6.45) is 3.28. The SMILES string of the molecule is CN1CCOC(c2ccccc2)C1.COC1CCCN(C)C1. The van der Waals surface area contributed by atoms with E-state index in [4.69, 9.17) is 9.47 Å². The fourth-order valence-corrected chi connectivity index (χ4v) is 2.96. The number of rotatable bonds is 2. The number of ether oxygens (including phenoxy) is 2. The zero-order valence-corrected chi connectivity index (χ0v) is 14.2. The monoisotopic (exact) mass is 306 g/mol. The molecule has 1 aromatic rings. The molecule has 4 heteroatoms. The van der Waals surface area contributed by atoms with E-state index in [9.17, 15) is 0 Å². The van der Waals surface area contributed by atoms with Crippen molar-refractivity contribution in [1.29, 1.82) is 0 Å². The number of piperidine rings is 1. The molecule has 4 nitrogen and oxygen atoms in total. The first kappa shape index (κ1) is 17.4. The van der Waals surface area contributed by atoms with Gasteiger partial charge >= 0.3 is 0 Å². The van der Waals surface area contributed by atoms with Crippen LogP contribution in [0, 0.1) is 0 Å². The van der Waals surface area contributed by atoms with Crippen molar-refractivity contribution in [1.82, 2.24) is 9.80 Å². The first-order chi connectivity index (χ1) is 10.7. The number of methoxy groups -OCH3 is 1. The lowest BCUT2D eigenvalue weighted by Gasteiger charge is -2.30. The van der Waals surface area contributed by atoms with Crippen molar-refractivity contribution in [2.45, 2.75) is 25.0 Å². The fraction of sp³-hybridized carbons (Fsp3) is 0.667. The molecule has 22 heavy (non-hydrogen) atoms. The molecule has 0 aromatic heterocycles. The minimum Gasteiger partial charge on any atom is -0.380 e. The maximum atomic E-state index is 5.69. The van der Waals surface area contributed by atoms with Crippen LogP contribution in [0.15, 0.2) is 30.3 Å². The fourth-order valence-electron chi connectivity index (χ4n) is 2.96. The van der Waals surface area contributed by atoms with E-state index in [0.717, 1.165) is 26.2 Å². The van der Waals surface area contributed by atoms with Crippen molar-refractivity contribution in [3.05, 3.63) is 35.9 Å². The molecule has 2 aliphatic rings. The van der Waals surface area contributed by atoms with Gasteiger partial charge in [0.05, 0.1) is 18.8 Å². The summed E-state index contributed by atoms with van der Waals surface area (Å²) in [5, 5.41) is 0. The summed E-state index contributed by atoms with van der Waals surface area (Å²) in [6, 6.07) is 10.4. The van der Waals surface area contributed by atoms with E-state index in [0.29, 0.717) is 6.10 Å². The van der Waals surface area contributed by atoms with E-state index in [2.05, 4.69) is 48.2 Å². The van der Waals surface area contributed by atoms with E-state index in [1.165, 1.54) is 24.9 Å². The third kappa shape index (κ3) is 5.69. The zero-order valence-electron chi connectivity index (χ0n) is 14.2. The average molecular weight is 306 g/mol. The third-order valence-electron chi connectivity index (χ3n) is 4.36. The van der Waals surface area contributed by atoms with Gasteiger partial charge in [0.25, 0.3) is 0 Å². The Morgan fingerprint density at radius 3 is 2.36 bits per heavy atom. The lowest BCUT2D eigenvalue weighted by atomic mass is 10.1. The van der Waals surface area contributed by atoms with E-state index in [-0.39, 0.29) is 6.10 Å². The highest BCUT2D eigenvalue weighted by molar-refractivity contribution is 5.18. The normalized spacial score (nSPS) is 27.0. The predicted octanol–water partition coefficient (Wildman–Crippen LogP) is 2.42. The summed E-state index contributed by atoms with van der Waals surface area (Å²) >= 11 is 0. The number of benzene rings is 1. The lowest BCUT2D eigenvalue weighted by molar-refractivity contribution is -0.0208. The van der Waals surface area contributed by atoms with Crippen LogP contribution in [0.3, 0.4) is 0 Å². The molecule has 2 aliphatic heterocycles. The smallest absolute Gasteiger partial charge is 0.0952 e. The Balaban J connectivity index is 0.000000172. The van der Waals surface area contributed by atoms with Crippen molar-refractivity contribution in [2.24, 2.45) is 0 Å². The molecule has 2 saturated heterocycles. The van der Waals surface area contributed by atoms with Crippen LogP contribution in [0.1, 0.15) is 24.5 Å². The van der Waals surface area contributed by atoms with Crippen LogP contribution in [-0.4, -0.2) is 69.9 Å². The van der Waals surface area contributed by atoms with Gasteiger partial charge in [0.1, 0.15) is 0 Å². The van der Waals surface area contributed by atoms with Crippen molar-refractivity contribution >= 4 is 0 Å². The topological polar surface area (TPSA) is 24.9 Å². The molecule has 1 aromatic carbocycles. The largest absolute Gasteiger partial charge is 0.380 e. The van der Waals surface area contributed by atoms with Crippen LogP contribution in [0.25, 0.3) is 0 Å². The maximum Gasteiger partial charge on any atom is 0.0952 e. The van der Waals surface area contributed by atoms with Crippen molar-refractivity contribution < 1.29 is 9.47 Å². The summed E-state index contributed by atoms with van der Waals surface area (Å²) in [4.78, 5) is 4.62. The molecule has 0 spiro atoms. The molecular formula is C18H30N2O2. The molecule has 2 fully saturated rings. The highest BCUT2D eigenvalue weighted by Gasteiger charge is 2.18. The molecule has 0 aliphatic carbocycles. The molecule has 0 bridgehead atoms. The summed E-state index contributed by atoms with van der Waals surface area (Å²) in [7, 11) is 6.08. The Morgan fingerprint density at radius 1 is 1.05 bits per heavy atom. The van der Waals surface area contributed by atoms with E-state index < -0.39 is 0 Å². The molecule has 124 valence electrons. The first-order valence-corrected chi connectivity index (χ1v) is 8.25. The molecule has 2 atom stereocenters. The second-order valence-electron chi connectivity index (χ2n) is 6.29. The number of likely N-dealkylation sites (N-methyl/N-ethyl adjacent to an activating group) is 2. The average Bonchev–Trinajstić information content (AvgIpc) is 2.56. The van der Waals surface area contributed by atoms with Crippen LogP contribution in [-0.2, 0) is 9.47 Å². The van der Waals surface area contributed by atoms with Crippen LogP contribution in [0.5, 0.6) is 0 Å². The number of morpholine rings is 1. The standard InChI is InChI=1S/C11H15NO.C7H15NO/c1-12-7-8-13-11(9-12)10-5-3-2-4-6-10;1-8-5-3-4-7(6-8)9-2/h2-6,11H,7-9H2,1H3;7H,3-6H2,1-2H3. The second-order valence-corrected chi connectivity index (χ2v) is 6.29. The van der Waals surface area contributed by atoms with Crippen LogP contribution in [0.2, 0.25) is 0 Å². The molecule has 0 radical (unpaired) electrons. The second kappa shape index (κ2) is 9.26. The number of hydrogen-bond acceptors (Lipinski definition) is 4. The van der Waals surface area contributed by atoms with Gasteiger partial charge in [0.2, 0.25) is 0 Å². The first-order valence-electron chi connectivity index (χ1n) is 8.25. The Kier molecular flexibility index (Phi) is 7.33. The van der Waals surface area contributed by atoms with E-state index in [1.54, 1.807) is 7.11 Å². The van der Waals surface area contributed by atoms with Crippen molar-refractivity contribution in [2.75, 3.05) is 54.0 Å². The van der Waals surface area contributed by atoms with Crippen LogP contribution < -0.4 is 0 Å². The Bertz CT molecular complexity index is 413. The number of hydrogen-bond donors (Lipinski definition) is 0. The zero-order chi connectivity index (χ0) is 15.8. The molecule has 3 rings (SSSR count). The summed E-state index contributed by atoms with van der Waals surface area (Å²) in [6.45, 7) is 5.24. The van der Waals surface area contributed by atoms with Gasteiger partial charge in [-0.1, -0.05) is 30.3 Å². The third-order valence-corrected chi connectivity index (χ3v) is 4.36. The van der Waals surface area contributed by atoms with Gasteiger partial charge in [-0.2, -0.15) is 0 Å². The highest BCUT2D eigenvalue weighted by Crippen LogP contribution is 2.20. The Labute approximate surface area is 135 Å². The molecule has 2 unspecified atom stereocenters. The summed E-state index contributed by atoms with van der Waals surface area (Å²) in [5.74, 6) is 0. The van der Waals surface area contributed by atoms with E-state index in [1.807, 2.05) is 6.07 Å². The van der Waals surface area contributed by atoms with Gasteiger partial charge in [-0.25, -0.2) is 0 Å². The van der Waals surface area contributed by atoms with Gasteiger partial charge in [-0.05, 0) is 39.0 Å². The number of nitrogens with zero attached hydrogens (tertiary/aromatic N) is 2. The van der Waals surface area contributed by atoms with Crippen LogP contribution in [0.4, 0.5) is 0 Å². The van der Waals surface area contributed by atoms with Crippen molar-refractivity contribution in [3.63, 3.8) is 0 Å². The quantitative estimate of drug-likeness (QED) is 0.838. The minimum absolute atomic E-state index is 0.264. The minimum atomic E-state index is 0.264. The van der Waals surface area contributed by atoms with Gasteiger partial charge in [-0.15, -0.1) is 0 Å². The molecule has 2 heterocycles. The highest BCUT2D eigenvalue weighted by atomic mass is 16.5. The van der Waals surface area contributed by atoms with E-state index >= 15 is 0 Å². The maximum absolute atomic E-state index is 5.69. The van der Waals surface area contributed by atoms with Crippen molar-refractivity contribution in [3.8, 4) is 0 Å². The molecule has 0 saturated carbocycles. The van der Waals surface area contributed by atoms with Gasteiger partial charge < -0.3 is 19.3 Å². The summed E-state index contributed by atoms with van der Waals surface area (Å²) < 4.78 is 10.9. The number of likely N-dealkylation sites (tertiary alicyclic amines) is 1. The molecule has 0 amide bonds. The van der Waals surface area contributed by atoms with Gasteiger partial charge in [0, 0.05) is 26.7 Å².